The van der Waals surface area contributed by atoms with Crippen LogP contribution in [-0.2, 0) is 7.05 Å². The van der Waals surface area contributed by atoms with Crippen molar-refractivity contribution in [3.63, 3.8) is 0 Å². The van der Waals surface area contributed by atoms with Crippen LogP contribution in [0.3, 0.4) is 0 Å². The van der Waals surface area contributed by atoms with E-state index < -0.39 is 5.97 Å². The van der Waals surface area contributed by atoms with Crippen molar-refractivity contribution in [2.45, 2.75) is 10.1 Å². The molecule has 0 fully saturated rings. The summed E-state index contributed by atoms with van der Waals surface area (Å²) in [6.45, 7) is 0. The molecule has 0 spiro atoms. The van der Waals surface area contributed by atoms with Gasteiger partial charge in [-0.25, -0.2) is 4.79 Å². The van der Waals surface area contributed by atoms with Gasteiger partial charge in [0.1, 0.15) is 6.33 Å². The van der Waals surface area contributed by atoms with E-state index in [0.717, 1.165) is 0 Å². The minimum Gasteiger partial charge on any atom is -0.478 e. The van der Waals surface area contributed by atoms with Crippen LogP contribution in [0, 0.1) is 0 Å². The van der Waals surface area contributed by atoms with Gasteiger partial charge < -0.3 is 9.67 Å². The normalized spacial score (nSPS) is 10.5. The van der Waals surface area contributed by atoms with Gasteiger partial charge in [0.2, 0.25) is 0 Å². The standard InChI is InChI=1S/C10H8ClN3O2S/c1-14-5-12-13-10(14)17-7-4-2-3-6(11)8(7)9(15)16/h2-5H,1H3,(H,15,16). The number of halogens is 1. The van der Waals surface area contributed by atoms with E-state index in [-0.39, 0.29) is 10.6 Å². The molecule has 0 saturated carbocycles. The topological polar surface area (TPSA) is 68.0 Å². The van der Waals surface area contributed by atoms with Crippen LogP contribution in [0.15, 0.2) is 34.6 Å². The molecular weight excluding hydrogens is 262 g/mol. The van der Waals surface area contributed by atoms with Gasteiger partial charge in [-0.15, -0.1) is 10.2 Å². The van der Waals surface area contributed by atoms with Crippen LogP contribution in [0.2, 0.25) is 5.02 Å². The molecule has 1 aromatic carbocycles. The quantitative estimate of drug-likeness (QED) is 0.926. The summed E-state index contributed by atoms with van der Waals surface area (Å²) in [6, 6.07) is 4.94. The third kappa shape index (κ3) is 2.42. The molecule has 5 nitrogen and oxygen atoms in total. The van der Waals surface area contributed by atoms with Crippen LogP contribution in [0.4, 0.5) is 0 Å². The minimum atomic E-state index is -1.06. The van der Waals surface area contributed by atoms with Crippen molar-refractivity contribution < 1.29 is 9.90 Å². The number of aryl methyl sites for hydroxylation is 1. The highest BCUT2D eigenvalue weighted by molar-refractivity contribution is 7.99. The van der Waals surface area contributed by atoms with Gasteiger partial charge in [-0.2, -0.15) is 0 Å². The summed E-state index contributed by atoms with van der Waals surface area (Å²) in [7, 11) is 1.79. The third-order valence-corrected chi connectivity index (χ3v) is 3.49. The molecule has 0 aliphatic carbocycles. The van der Waals surface area contributed by atoms with E-state index in [0.29, 0.717) is 10.1 Å². The Morgan fingerprint density at radius 1 is 1.53 bits per heavy atom. The molecule has 1 aromatic heterocycles. The van der Waals surface area contributed by atoms with Crippen LogP contribution in [0.25, 0.3) is 0 Å². The van der Waals surface area contributed by atoms with Gasteiger partial charge in [-0.05, 0) is 23.9 Å². The second-order valence-electron chi connectivity index (χ2n) is 3.24. The number of benzene rings is 1. The molecule has 0 aliphatic heterocycles. The average Bonchev–Trinajstić information content (AvgIpc) is 2.64. The maximum atomic E-state index is 11.1. The van der Waals surface area contributed by atoms with Crippen LogP contribution in [0.5, 0.6) is 0 Å². The lowest BCUT2D eigenvalue weighted by Crippen LogP contribution is -2.00. The molecule has 1 heterocycles. The Morgan fingerprint density at radius 3 is 2.88 bits per heavy atom. The fraction of sp³-hybridized carbons (Fsp3) is 0.100. The fourth-order valence-corrected chi connectivity index (χ4v) is 2.49. The predicted octanol–water partition coefficient (Wildman–Crippen LogP) is 2.32. The molecule has 0 bridgehead atoms. The number of carboxylic acid groups (broad SMARTS) is 1. The monoisotopic (exact) mass is 269 g/mol. The molecule has 17 heavy (non-hydrogen) atoms. The van der Waals surface area contributed by atoms with Gasteiger partial charge in [0, 0.05) is 11.9 Å². The summed E-state index contributed by atoms with van der Waals surface area (Å²) in [4.78, 5) is 11.7. The average molecular weight is 270 g/mol. The van der Waals surface area contributed by atoms with E-state index in [1.54, 1.807) is 36.1 Å². The Hall–Kier alpha value is -1.53. The summed E-state index contributed by atoms with van der Waals surface area (Å²) < 4.78 is 1.71. The third-order valence-electron chi connectivity index (χ3n) is 2.06. The molecule has 0 radical (unpaired) electrons. The fourth-order valence-electron chi connectivity index (χ4n) is 1.26. The molecule has 88 valence electrons. The van der Waals surface area contributed by atoms with Crippen LogP contribution >= 0.6 is 23.4 Å². The van der Waals surface area contributed by atoms with Crippen molar-refractivity contribution >= 4 is 29.3 Å². The van der Waals surface area contributed by atoms with E-state index in [9.17, 15) is 4.79 Å². The van der Waals surface area contributed by atoms with E-state index in [1.807, 2.05) is 0 Å². The SMILES string of the molecule is Cn1cnnc1Sc1cccc(Cl)c1C(=O)O. The molecule has 0 aliphatic rings. The molecule has 0 amide bonds. The van der Waals surface area contributed by atoms with Gasteiger partial charge >= 0.3 is 5.97 Å². The van der Waals surface area contributed by atoms with Gasteiger partial charge in [0.15, 0.2) is 5.16 Å². The van der Waals surface area contributed by atoms with Gasteiger partial charge in [0.05, 0.1) is 10.6 Å². The number of hydrogen-bond acceptors (Lipinski definition) is 4. The highest BCUT2D eigenvalue weighted by Crippen LogP contribution is 2.32. The number of rotatable bonds is 3. The number of hydrogen-bond donors (Lipinski definition) is 1. The highest BCUT2D eigenvalue weighted by atomic mass is 35.5. The second kappa shape index (κ2) is 4.77. The maximum absolute atomic E-state index is 11.1. The van der Waals surface area contributed by atoms with E-state index >= 15 is 0 Å². The first-order valence-electron chi connectivity index (χ1n) is 4.63. The zero-order chi connectivity index (χ0) is 12.4. The first-order chi connectivity index (χ1) is 8.09. The van der Waals surface area contributed by atoms with Crippen molar-refractivity contribution in [1.29, 1.82) is 0 Å². The van der Waals surface area contributed by atoms with Crippen molar-refractivity contribution in [2.75, 3.05) is 0 Å². The smallest absolute Gasteiger partial charge is 0.338 e. The summed E-state index contributed by atoms with van der Waals surface area (Å²) in [5.74, 6) is -1.06. The van der Waals surface area contributed by atoms with Gasteiger partial charge in [-0.3, -0.25) is 0 Å². The molecule has 0 unspecified atom stereocenters. The van der Waals surface area contributed by atoms with Crippen molar-refractivity contribution in [3.8, 4) is 0 Å². The number of nitrogens with zero attached hydrogens (tertiary/aromatic N) is 3. The first-order valence-corrected chi connectivity index (χ1v) is 5.82. The van der Waals surface area contributed by atoms with E-state index in [1.165, 1.54) is 11.8 Å². The van der Waals surface area contributed by atoms with Crippen LogP contribution in [0.1, 0.15) is 10.4 Å². The predicted molar refractivity (Wildman–Crippen MR) is 63.5 cm³/mol. The van der Waals surface area contributed by atoms with Crippen molar-refractivity contribution in [3.05, 3.63) is 35.1 Å². The Kier molecular flexibility index (Phi) is 3.35. The zero-order valence-electron chi connectivity index (χ0n) is 8.79. The number of carbonyl (C=O) groups is 1. The minimum absolute atomic E-state index is 0.0853. The summed E-state index contributed by atoms with van der Waals surface area (Å²) >= 11 is 7.08. The first kappa shape index (κ1) is 11.9. The second-order valence-corrected chi connectivity index (χ2v) is 4.66. The highest BCUT2D eigenvalue weighted by Gasteiger charge is 2.16. The van der Waals surface area contributed by atoms with Crippen molar-refractivity contribution in [2.24, 2.45) is 7.05 Å². The Bertz CT molecular complexity index is 570. The van der Waals surface area contributed by atoms with Crippen LogP contribution in [-0.4, -0.2) is 25.8 Å². The molecule has 1 N–H and O–H groups in total. The molecule has 0 saturated heterocycles. The molecule has 2 aromatic rings. The largest absolute Gasteiger partial charge is 0.478 e. The molecule has 0 atom stereocenters. The Morgan fingerprint density at radius 2 is 2.29 bits per heavy atom. The summed E-state index contributed by atoms with van der Waals surface area (Å²) in [5, 5.41) is 17.5. The summed E-state index contributed by atoms with van der Waals surface area (Å²) in [5.41, 5.74) is 0.0853. The number of aromatic nitrogens is 3. The molecule has 7 heteroatoms. The lowest BCUT2D eigenvalue weighted by atomic mass is 10.2. The van der Waals surface area contributed by atoms with Gasteiger partial charge in [0.25, 0.3) is 0 Å². The van der Waals surface area contributed by atoms with E-state index in [2.05, 4.69) is 10.2 Å². The van der Waals surface area contributed by atoms with Gasteiger partial charge in [-0.1, -0.05) is 17.7 Å². The molecular formula is C10H8ClN3O2S. The number of carboxylic acids is 1. The lowest BCUT2D eigenvalue weighted by Gasteiger charge is -2.06. The van der Waals surface area contributed by atoms with Crippen molar-refractivity contribution in [1.82, 2.24) is 14.8 Å². The molecule has 2 rings (SSSR count). The maximum Gasteiger partial charge on any atom is 0.338 e. The number of aromatic carboxylic acids is 1. The Labute approximate surface area is 106 Å². The van der Waals surface area contributed by atoms with Crippen LogP contribution < -0.4 is 0 Å². The zero-order valence-corrected chi connectivity index (χ0v) is 10.4. The Balaban J connectivity index is 2.43. The summed E-state index contributed by atoms with van der Waals surface area (Å²) in [6.07, 6.45) is 1.55. The van der Waals surface area contributed by atoms with E-state index in [4.69, 9.17) is 16.7 Å². The lowest BCUT2D eigenvalue weighted by molar-refractivity contribution is 0.0693.